The molecule has 49 heavy (non-hydrogen) atoms. The Bertz CT molecular complexity index is 2220. The Labute approximate surface area is 293 Å². The number of nitrogen functional groups attached to an aromatic ring is 2. The van der Waals surface area contributed by atoms with Crippen LogP contribution in [0.2, 0.25) is 0 Å². The Morgan fingerprint density at radius 1 is 0.776 bits per heavy atom. The number of ether oxygens (including phenoxy) is 1. The van der Waals surface area contributed by atoms with Gasteiger partial charge in [0.1, 0.15) is 19.4 Å². The Morgan fingerprint density at radius 3 is 1.73 bits per heavy atom. The summed E-state index contributed by atoms with van der Waals surface area (Å²) in [5, 5.41) is 23.8. The Hall–Kier alpha value is -5.06. The first kappa shape index (κ1) is 35.3. The highest BCUT2D eigenvalue weighted by molar-refractivity contribution is 7.84. The molecule has 0 aliphatic carbocycles. The van der Waals surface area contributed by atoms with Crippen LogP contribution in [0, 0.1) is 27.7 Å². The topological polar surface area (TPSA) is 201 Å². The highest BCUT2D eigenvalue weighted by Gasteiger charge is 2.21. The number of methoxy groups -OCH3 is 1. The van der Waals surface area contributed by atoms with Gasteiger partial charge in [-0.25, -0.2) is 4.98 Å². The summed E-state index contributed by atoms with van der Waals surface area (Å²) in [5.74, 6) is 0.0357. The number of carbonyl (C=O) groups is 2. The summed E-state index contributed by atoms with van der Waals surface area (Å²) in [5.41, 5.74) is 18.6. The average molecular weight is 718 g/mol. The number of hydrogen-bond donors (Lipinski definition) is 4. The number of aryl methyl sites for hydroxylation is 4. The van der Waals surface area contributed by atoms with E-state index in [4.69, 9.17) is 16.2 Å². The molecule has 6 rings (SSSR count). The van der Waals surface area contributed by atoms with Gasteiger partial charge in [0.25, 0.3) is 11.8 Å². The van der Waals surface area contributed by atoms with Crippen molar-refractivity contribution in [2.75, 3.05) is 24.8 Å². The van der Waals surface area contributed by atoms with Crippen molar-refractivity contribution >= 4 is 77.1 Å². The van der Waals surface area contributed by atoms with Crippen LogP contribution in [0.5, 0.6) is 5.88 Å². The second-order valence-electron chi connectivity index (χ2n) is 11.0. The van der Waals surface area contributed by atoms with E-state index in [0.29, 0.717) is 49.8 Å². The minimum Gasteiger partial charge on any atom is -0.481 e. The van der Waals surface area contributed by atoms with E-state index in [1.165, 1.54) is 22.7 Å². The molecule has 0 spiro atoms. The molecule has 0 radical (unpaired) electrons. The zero-order valence-corrected chi connectivity index (χ0v) is 30.2. The van der Waals surface area contributed by atoms with Gasteiger partial charge < -0.3 is 26.8 Å². The number of hydrogen-bond acceptors (Lipinski definition) is 13. The Kier molecular flexibility index (Phi) is 10.8. The molecule has 6 aromatic rings. The summed E-state index contributed by atoms with van der Waals surface area (Å²) in [6, 6.07) is 10.9. The third-order valence-corrected chi connectivity index (χ3v) is 11.0. The summed E-state index contributed by atoms with van der Waals surface area (Å²) in [6.45, 7) is 8.32. The maximum atomic E-state index is 12.5. The van der Waals surface area contributed by atoms with Gasteiger partial charge in [0, 0.05) is 58.1 Å². The van der Waals surface area contributed by atoms with Gasteiger partial charge in [-0.3, -0.25) is 13.8 Å². The van der Waals surface area contributed by atoms with E-state index in [-0.39, 0.29) is 11.8 Å². The first-order valence-corrected chi connectivity index (χ1v) is 18.1. The van der Waals surface area contributed by atoms with E-state index >= 15 is 0 Å². The molecule has 2 amide bonds. The zero-order chi connectivity index (χ0) is 35.4. The molecule has 1 unspecified atom stereocenters. The summed E-state index contributed by atoms with van der Waals surface area (Å²) in [4.78, 5) is 32.0. The molecule has 0 saturated carbocycles. The largest absolute Gasteiger partial charge is 0.481 e. The van der Waals surface area contributed by atoms with Crippen molar-refractivity contribution in [1.82, 2.24) is 36.0 Å². The molecule has 1 aromatic carbocycles. The standard InChI is InChI=1S/C17H18N4O2S2.C16H17N5O2S/c1-9-10(2)20-21-17-13(9)14(18)15(24-17)16(22)19-8-11-4-6-12(7-5-11)25(3)23;1-8-9(2)20-21-16-12(8)13(17)14(24-16)15(22)19-7-10-4-5-18-11(6-10)23-3/h4-7H,8,18H2,1-3H3,(H,19,22);4-6H,7,17H2,1-3H3,(H,19,22). The van der Waals surface area contributed by atoms with Gasteiger partial charge in [-0.05, 0) is 68.1 Å². The highest BCUT2D eigenvalue weighted by Crippen LogP contribution is 2.36. The van der Waals surface area contributed by atoms with Gasteiger partial charge >= 0.3 is 0 Å². The quantitative estimate of drug-likeness (QED) is 0.169. The summed E-state index contributed by atoms with van der Waals surface area (Å²) >= 11 is 2.50. The lowest BCUT2D eigenvalue weighted by molar-refractivity contribution is 0.0947. The van der Waals surface area contributed by atoms with Crippen molar-refractivity contribution in [1.29, 1.82) is 0 Å². The number of nitrogens with one attached hydrogen (secondary N) is 2. The molecule has 5 heterocycles. The SMILES string of the molecule is COc1cc(CNC(=O)c2sc3nnc(C)c(C)c3c2N)ccn1.Cc1nnc2sc(C(=O)NCc3ccc(S(C)=O)cc3)c(N)c2c1C. The van der Waals surface area contributed by atoms with E-state index in [9.17, 15) is 13.8 Å². The first-order chi connectivity index (χ1) is 23.4. The fraction of sp³-hybridized carbons (Fsp3) is 0.242. The number of thiophene rings is 2. The lowest BCUT2D eigenvalue weighted by Crippen LogP contribution is -2.22. The Balaban J connectivity index is 0.000000191. The van der Waals surface area contributed by atoms with Crippen molar-refractivity contribution in [3.05, 3.63) is 86.0 Å². The van der Waals surface area contributed by atoms with Crippen LogP contribution in [0.25, 0.3) is 20.4 Å². The predicted molar refractivity (Wildman–Crippen MR) is 195 cm³/mol. The summed E-state index contributed by atoms with van der Waals surface area (Å²) in [7, 11) is 0.538. The van der Waals surface area contributed by atoms with E-state index in [1.54, 1.807) is 37.8 Å². The van der Waals surface area contributed by atoms with E-state index in [0.717, 1.165) is 49.3 Å². The van der Waals surface area contributed by atoms with Crippen LogP contribution in [-0.2, 0) is 23.9 Å². The monoisotopic (exact) mass is 717 g/mol. The number of nitrogens with two attached hydrogens (primary N) is 2. The Morgan fingerprint density at radius 2 is 1.27 bits per heavy atom. The average Bonchev–Trinajstić information content (AvgIpc) is 3.63. The molecule has 16 heteroatoms. The van der Waals surface area contributed by atoms with Crippen LogP contribution in [0.3, 0.4) is 0 Å². The smallest absolute Gasteiger partial charge is 0.263 e. The number of benzene rings is 1. The van der Waals surface area contributed by atoms with Gasteiger partial charge in [-0.1, -0.05) is 12.1 Å². The van der Waals surface area contributed by atoms with E-state index in [1.807, 2.05) is 45.9 Å². The summed E-state index contributed by atoms with van der Waals surface area (Å²) in [6.07, 6.45) is 3.27. The molecule has 254 valence electrons. The lowest BCUT2D eigenvalue weighted by Gasteiger charge is -2.06. The van der Waals surface area contributed by atoms with Crippen molar-refractivity contribution in [2.45, 2.75) is 45.7 Å². The second kappa shape index (κ2) is 15.0. The van der Waals surface area contributed by atoms with Crippen molar-refractivity contribution in [2.24, 2.45) is 0 Å². The minimum absolute atomic E-state index is 0.233. The van der Waals surface area contributed by atoms with E-state index < -0.39 is 10.8 Å². The van der Waals surface area contributed by atoms with E-state index in [2.05, 4.69) is 36.0 Å². The number of aromatic nitrogens is 5. The van der Waals surface area contributed by atoms with Gasteiger partial charge in [0.2, 0.25) is 5.88 Å². The number of amides is 2. The normalized spacial score (nSPS) is 11.6. The fourth-order valence-electron chi connectivity index (χ4n) is 4.81. The van der Waals surface area contributed by atoms with Crippen LogP contribution in [0.15, 0.2) is 47.5 Å². The molecule has 6 N–H and O–H groups in total. The number of fused-ring (bicyclic) bond motifs is 2. The zero-order valence-electron chi connectivity index (χ0n) is 27.7. The third kappa shape index (κ3) is 7.66. The minimum atomic E-state index is -1.01. The molecule has 0 aliphatic heterocycles. The van der Waals surface area contributed by atoms with Crippen LogP contribution in [0.4, 0.5) is 11.4 Å². The van der Waals surface area contributed by atoms with Crippen LogP contribution in [-0.4, -0.2) is 54.8 Å². The second-order valence-corrected chi connectivity index (χ2v) is 14.4. The molecular formula is C33H35N9O4S3. The maximum Gasteiger partial charge on any atom is 0.263 e. The van der Waals surface area contributed by atoms with Crippen LogP contribution < -0.4 is 26.8 Å². The molecule has 0 saturated heterocycles. The molecule has 0 aliphatic rings. The number of carbonyl (C=O) groups excluding carboxylic acids is 2. The summed E-state index contributed by atoms with van der Waals surface area (Å²) < 4.78 is 16.5. The number of anilines is 2. The van der Waals surface area contributed by atoms with Crippen LogP contribution in [0.1, 0.15) is 53.0 Å². The first-order valence-electron chi connectivity index (χ1n) is 14.9. The maximum absolute atomic E-state index is 12.5. The van der Waals surface area contributed by atoms with Gasteiger partial charge in [-0.2, -0.15) is 10.2 Å². The lowest BCUT2D eigenvalue weighted by atomic mass is 10.1. The number of rotatable bonds is 8. The van der Waals surface area contributed by atoms with Crippen LogP contribution >= 0.6 is 22.7 Å². The van der Waals surface area contributed by atoms with Crippen molar-refractivity contribution in [3.8, 4) is 5.88 Å². The van der Waals surface area contributed by atoms with Gasteiger partial charge in [-0.15, -0.1) is 32.9 Å². The molecule has 0 fully saturated rings. The fourth-order valence-corrected chi connectivity index (χ4v) is 7.37. The molecule has 0 bridgehead atoms. The number of pyridine rings is 1. The van der Waals surface area contributed by atoms with Crippen molar-refractivity contribution in [3.63, 3.8) is 0 Å². The van der Waals surface area contributed by atoms with Gasteiger partial charge in [0.15, 0.2) is 0 Å². The molecular weight excluding hydrogens is 683 g/mol. The van der Waals surface area contributed by atoms with Crippen molar-refractivity contribution < 1.29 is 18.5 Å². The number of nitrogens with zero attached hydrogens (tertiary/aromatic N) is 5. The predicted octanol–water partition coefficient (Wildman–Crippen LogP) is 4.78. The third-order valence-electron chi connectivity index (χ3n) is 7.85. The van der Waals surface area contributed by atoms with Gasteiger partial charge in [0.05, 0.1) is 29.9 Å². The molecule has 5 aromatic heterocycles. The molecule has 1 atom stereocenters. The molecule has 13 nitrogen and oxygen atoms in total. The highest BCUT2D eigenvalue weighted by atomic mass is 32.2.